The monoisotopic (exact) mass is 493 g/mol. The van der Waals surface area contributed by atoms with E-state index in [0.717, 1.165) is 13.1 Å². The summed E-state index contributed by atoms with van der Waals surface area (Å²) in [5.41, 5.74) is -0.153. The van der Waals surface area contributed by atoms with Crippen molar-refractivity contribution in [3.8, 4) is 0 Å². The first-order chi connectivity index (χ1) is 16.6. The van der Waals surface area contributed by atoms with Crippen LogP contribution in [0.15, 0.2) is 48.5 Å². The quantitative estimate of drug-likeness (QED) is 0.397. The summed E-state index contributed by atoms with van der Waals surface area (Å²) in [6.45, 7) is 4.25. The largest absolute Gasteiger partial charge is 0.473 e. The second kappa shape index (κ2) is 12.9. The number of piperidine rings is 1. The van der Waals surface area contributed by atoms with Crippen molar-refractivity contribution in [1.82, 2.24) is 4.90 Å². The summed E-state index contributed by atoms with van der Waals surface area (Å²) in [6, 6.07) is 11.7. The number of carboxylic acid groups (broad SMARTS) is 2. The first-order valence-electron chi connectivity index (χ1n) is 11.2. The number of esters is 1. The summed E-state index contributed by atoms with van der Waals surface area (Å²) in [7, 11) is 0. The molecule has 3 rings (SSSR count). The Morgan fingerprint density at radius 2 is 1.34 bits per heavy atom. The van der Waals surface area contributed by atoms with Crippen molar-refractivity contribution in [1.29, 1.82) is 0 Å². The third-order valence-electron chi connectivity index (χ3n) is 5.87. The van der Waals surface area contributed by atoms with Crippen LogP contribution >= 0.6 is 0 Å². The maximum absolute atomic E-state index is 13.5. The van der Waals surface area contributed by atoms with Gasteiger partial charge in [0.1, 0.15) is 17.2 Å². The Bertz CT molecular complexity index is 930. The molecule has 8 nitrogen and oxygen atoms in total. The summed E-state index contributed by atoms with van der Waals surface area (Å²) < 4.78 is 31.9. The van der Waals surface area contributed by atoms with E-state index in [9.17, 15) is 18.7 Å². The maximum Gasteiger partial charge on any atom is 0.414 e. The van der Waals surface area contributed by atoms with Gasteiger partial charge in [-0.15, -0.1) is 0 Å². The number of aliphatic hydroxyl groups is 1. The normalized spacial score (nSPS) is 14.5. The lowest BCUT2D eigenvalue weighted by Crippen LogP contribution is -2.44. The number of likely N-dealkylation sites (tertiary alicyclic amines) is 1. The Labute approximate surface area is 201 Å². The fourth-order valence-corrected chi connectivity index (χ4v) is 4.10. The van der Waals surface area contributed by atoms with E-state index in [-0.39, 0.29) is 23.5 Å². The van der Waals surface area contributed by atoms with Crippen LogP contribution in [0.5, 0.6) is 0 Å². The van der Waals surface area contributed by atoms with E-state index in [1.54, 1.807) is 31.2 Å². The van der Waals surface area contributed by atoms with E-state index in [1.807, 2.05) is 0 Å². The highest BCUT2D eigenvalue weighted by molar-refractivity contribution is 6.27. The van der Waals surface area contributed by atoms with Gasteiger partial charge in [-0.05, 0) is 74.2 Å². The van der Waals surface area contributed by atoms with Gasteiger partial charge in [0, 0.05) is 6.54 Å². The average molecular weight is 494 g/mol. The maximum atomic E-state index is 13.5. The molecular formula is C25H29F2NO7. The van der Waals surface area contributed by atoms with Gasteiger partial charge in [-0.2, -0.15) is 0 Å². The van der Waals surface area contributed by atoms with Crippen LogP contribution in [-0.4, -0.2) is 64.4 Å². The van der Waals surface area contributed by atoms with Crippen LogP contribution in [0.3, 0.4) is 0 Å². The number of hydrogen-bond acceptors (Lipinski definition) is 6. The molecule has 0 unspecified atom stereocenters. The first-order valence-corrected chi connectivity index (χ1v) is 11.2. The van der Waals surface area contributed by atoms with Gasteiger partial charge >= 0.3 is 17.9 Å². The van der Waals surface area contributed by atoms with Crippen molar-refractivity contribution in [3.05, 3.63) is 71.3 Å². The Balaban J connectivity index is 0.000000641. The molecule has 190 valence electrons. The second-order valence-corrected chi connectivity index (χ2v) is 8.06. The average Bonchev–Trinajstić information content (AvgIpc) is 2.84. The van der Waals surface area contributed by atoms with E-state index in [4.69, 9.17) is 24.5 Å². The van der Waals surface area contributed by atoms with Crippen molar-refractivity contribution >= 4 is 17.9 Å². The summed E-state index contributed by atoms with van der Waals surface area (Å²) in [4.78, 5) is 32.0. The fraction of sp³-hybridized carbons (Fsp3) is 0.400. The van der Waals surface area contributed by atoms with Crippen molar-refractivity contribution < 1.29 is 43.2 Å². The first kappa shape index (κ1) is 27.9. The molecule has 1 saturated heterocycles. The second-order valence-electron chi connectivity index (χ2n) is 8.06. The zero-order valence-corrected chi connectivity index (χ0v) is 19.3. The number of halogens is 2. The van der Waals surface area contributed by atoms with Crippen LogP contribution in [0.2, 0.25) is 0 Å². The molecular weight excluding hydrogens is 464 g/mol. The van der Waals surface area contributed by atoms with Gasteiger partial charge in [-0.1, -0.05) is 24.3 Å². The van der Waals surface area contributed by atoms with E-state index in [0.29, 0.717) is 43.5 Å². The summed E-state index contributed by atoms with van der Waals surface area (Å²) in [5.74, 6) is -4.71. The Kier molecular flexibility index (Phi) is 10.3. The lowest BCUT2D eigenvalue weighted by atomic mass is 9.72. The molecule has 10 heteroatoms. The molecule has 0 spiro atoms. The Hall–Kier alpha value is -3.37. The molecule has 0 saturated carbocycles. The minimum absolute atomic E-state index is 0.114. The SMILES string of the molecule is CCOC(=O)CCN1CCC(C(O)(c2ccc(F)cc2)c2ccc(F)cc2)CC1.O=C(O)C(=O)O. The lowest BCUT2D eigenvalue weighted by molar-refractivity contribution is -0.159. The molecule has 2 aromatic carbocycles. The number of ether oxygens (including phenoxy) is 1. The number of nitrogens with zero attached hydrogens (tertiary/aromatic N) is 1. The number of aliphatic carboxylic acids is 2. The molecule has 0 atom stereocenters. The van der Waals surface area contributed by atoms with Gasteiger partial charge in [0.15, 0.2) is 0 Å². The third kappa shape index (κ3) is 7.83. The standard InChI is InChI=1S/C23H27F2NO3.C2H2O4/c1-2-29-22(27)13-16-26-14-11-19(12-15-26)23(28,17-3-7-20(24)8-4-17)18-5-9-21(25)10-6-18;3-1(4)2(5)6/h3-10,19,28H,2,11-16H2,1H3;(H,3,4)(H,5,6). The van der Waals surface area contributed by atoms with Crippen molar-refractivity contribution in [2.24, 2.45) is 5.92 Å². The highest BCUT2D eigenvalue weighted by Crippen LogP contribution is 2.42. The van der Waals surface area contributed by atoms with E-state index >= 15 is 0 Å². The van der Waals surface area contributed by atoms with E-state index < -0.39 is 17.5 Å². The topological polar surface area (TPSA) is 124 Å². The molecule has 0 bridgehead atoms. The summed E-state index contributed by atoms with van der Waals surface area (Å²) in [6.07, 6.45) is 1.75. The van der Waals surface area contributed by atoms with Crippen molar-refractivity contribution in [2.45, 2.75) is 31.8 Å². The molecule has 2 aromatic rings. The van der Waals surface area contributed by atoms with Crippen molar-refractivity contribution in [3.63, 3.8) is 0 Å². The van der Waals surface area contributed by atoms with Crippen LogP contribution in [-0.2, 0) is 24.7 Å². The Morgan fingerprint density at radius 1 is 0.914 bits per heavy atom. The zero-order valence-electron chi connectivity index (χ0n) is 19.3. The van der Waals surface area contributed by atoms with Gasteiger partial charge in [-0.25, -0.2) is 18.4 Å². The van der Waals surface area contributed by atoms with E-state index in [1.165, 1.54) is 24.3 Å². The third-order valence-corrected chi connectivity index (χ3v) is 5.87. The number of hydrogen-bond donors (Lipinski definition) is 3. The minimum Gasteiger partial charge on any atom is -0.473 e. The smallest absolute Gasteiger partial charge is 0.414 e. The van der Waals surface area contributed by atoms with Crippen LogP contribution in [0, 0.1) is 17.6 Å². The van der Waals surface area contributed by atoms with Gasteiger partial charge in [0.25, 0.3) is 0 Å². The number of benzene rings is 2. The summed E-state index contributed by atoms with van der Waals surface area (Å²) in [5, 5.41) is 26.6. The molecule has 3 N–H and O–H groups in total. The van der Waals surface area contributed by atoms with Crippen LogP contribution in [0.25, 0.3) is 0 Å². The predicted molar refractivity (Wildman–Crippen MR) is 121 cm³/mol. The van der Waals surface area contributed by atoms with Gasteiger partial charge in [0.2, 0.25) is 0 Å². The van der Waals surface area contributed by atoms with Crippen LogP contribution in [0.1, 0.15) is 37.3 Å². The van der Waals surface area contributed by atoms with E-state index in [2.05, 4.69) is 4.90 Å². The molecule has 1 heterocycles. The highest BCUT2D eigenvalue weighted by atomic mass is 19.1. The number of carboxylic acids is 2. The Morgan fingerprint density at radius 3 is 1.71 bits per heavy atom. The molecule has 1 aliphatic rings. The van der Waals surface area contributed by atoms with Gasteiger partial charge in [-0.3, -0.25) is 4.79 Å². The molecule has 0 aliphatic carbocycles. The van der Waals surface area contributed by atoms with Crippen LogP contribution in [0.4, 0.5) is 8.78 Å². The molecule has 0 amide bonds. The van der Waals surface area contributed by atoms with Crippen molar-refractivity contribution in [2.75, 3.05) is 26.2 Å². The van der Waals surface area contributed by atoms with Gasteiger partial charge < -0.3 is 25.0 Å². The fourth-order valence-electron chi connectivity index (χ4n) is 4.10. The number of carbonyl (C=O) groups is 3. The predicted octanol–water partition coefficient (Wildman–Crippen LogP) is 3.02. The van der Waals surface area contributed by atoms with Crippen LogP contribution < -0.4 is 0 Å². The molecule has 0 radical (unpaired) electrons. The number of carbonyl (C=O) groups excluding carboxylic acids is 1. The molecule has 1 aliphatic heterocycles. The highest BCUT2D eigenvalue weighted by Gasteiger charge is 2.41. The van der Waals surface area contributed by atoms with Gasteiger partial charge in [0.05, 0.1) is 13.0 Å². The minimum atomic E-state index is -1.82. The summed E-state index contributed by atoms with van der Waals surface area (Å²) >= 11 is 0. The zero-order chi connectivity index (χ0) is 26.0. The number of rotatable bonds is 7. The molecule has 0 aromatic heterocycles. The molecule has 1 fully saturated rings. The lowest BCUT2D eigenvalue weighted by Gasteiger charge is -2.42. The molecule has 35 heavy (non-hydrogen) atoms.